The molecule has 156 valence electrons. The van der Waals surface area contributed by atoms with Crippen molar-refractivity contribution in [3.8, 4) is 0 Å². The topological polar surface area (TPSA) is 68.3 Å². The standard InChI is InChI=1S/C24H28N4O2/c1-17(2)19-6-9-22-21(16-19)23(10-11-25-22)26-20-7-4-18(5-8-20)24(29)27-12-14-28(3,30)15-13-27/h4-11,16-17H,12-15H2,1-3H3,(H,25,26). The number of hydrogen-bond acceptors (Lipinski definition) is 4. The molecule has 2 heterocycles. The fourth-order valence-electron chi connectivity index (χ4n) is 3.76. The summed E-state index contributed by atoms with van der Waals surface area (Å²) in [4.78, 5) is 19.0. The molecule has 0 spiro atoms. The van der Waals surface area contributed by atoms with Gasteiger partial charge in [0.05, 0.1) is 38.7 Å². The molecule has 1 aliphatic heterocycles. The molecule has 6 heteroatoms. The lowest BCUT2D eigenvalue weighted by Gasteiger charge is -2.45. The third-order valence-corrected chi connectivity index (χ3v) is 5.82. The van der Waals surface area contributed by atoms with E-state index in [1.165, 1.54) is 5.56 Å². The molecule has 1 aliphatic rings. The summed E-state index contributed by atoms with van der Waals surface area (Å²) in [5.41, 5.74) is 4.77. The summed E-state index contributed by atoms with van der Waals surface area (Å²) in [6.07, 6.45) is 1.80. The number of hydroxylamine groups is 3. The molecule has 1 aromatic heterocycles. The number of benzene rings is 2. The number of amides is 1. The maximum Gasteiger partial charge on any atom is 0.254 e. The fraction of sp³-hybridized carbons (Fsp3) is 0.333. The Morgan fingerprint density at radius 3 is 2.47 bits per heavy atom. The van der Waals surface area contributed by atoms with Gasteiger partial charge < -0.3 is 20.1 Å². The average molecular weight is 405 g/mol. The van der Waals surface area contributed by atoms with E-state index < -0.39 is 0 Å². The van der Waals surface area contributed by atoms with Crippen LogP contribution in [0.15, 0.2) is 54.7 Å². The van der Waals surface area contributed by atoms with E-state index in [4.69, 9.17) is 0 Å². The lowest BCUT2D eigenvalue weighted by atomic mass is 10.0. The maximum atomic E-state index is 12.7. The Kier molecular flexibility index (Phi) is 5.45. The average Bonchev–Trinajstić information content (AvgIpc) is 2.74. The molecule has 1 N–H and O–H groups in total. The molecular weight excluding hydrogens is 376 g/mol. The van der Waals surface area contributed by atoms with E-state index in [1.807, 2.05) is 30.3 Å². The first-order valence-corrected chi connectivity index (χ1v) is 10.4. The van der Waals surface area contributed by atoms with Gasteiger partial charge in [-0.2, -0.15) is 0 Å². The number of piperazine rings is 1. The molecule has 2 aromatic carbocycles. The number of rotatable bonds is 4. The zero-order valence-corrected chi connectivity index (χ0v) is 17.8. The number of quaternary nitrogens is 1. The van der Waals surface area contributed by atoms with Crippen molar-refractivity contribution in [3.05, 3.63) is 71.1 Å². The summed E-state index contributed by atoms with van der Waals surface area (Å²) < 4.78 is -0.273. The fourth-order valence-corrected chi connectivity index (χ4v) is 3.76. The third kappa shape index (κ3) is 4.30. The molecule has 1 fully saturated rings. The van der Waals surface area contributed by atoms with Crippen LogP contribution < -0.4 is 5.32 Å². The molecule has 0 saturated carbocycles. The van der Waals surface area contributed by atoms with Gasteiger partial charge in [0.25, 0.3) is 5.91 Å². The van der Waals surface area contributed by atoms with Crippen LogP contribution >= 0.6 is 0 Å². The Morgan fingerprint density at radius 2 is 1.80 bits per heavy atom. The monoisotopic (exact) mass is 404 g/mol. The van der Waals surface area contributed by atoms with Gasteiger partial charge in [-0.25, -0.2) is 0 Å². The Balaban J connectivity index is 1.51. The molecule has 0 unspecified atom stereocenters. The molecule has 0 bridgehead atoms. The van der Waals surface area contributed by atoms with Crippen molar-refractivity contribution >= 4 is 28.2 Å². The van der Waals surface area contributed by atoms with E-state index >= 15 is 0 Å². The molecule has 1 saturated heterocycles. The van der Waals surface area contributed by atoms with Crippen LogP contribution in [0.1, 0.15) is 35.7 Å². The van der Waals surface area contributed by atoms with Gasteiger partial charge in [-0.1, -0.05) is 19.9 Å². The Labute approximate surface area is 177 Å². The first-order valence-electron chi connectivity index (χ1n) is 10.4. The van der Waals surface area contributed by atoms with Crippen molar-refractivity contribution < 1.29 is 9.44 Å². The van der Waals surface area contributed by atoms with Crippen LogP contribution in [-0.2, 0) is 0 Å². The van der Waals surface area contributed by atoms with Crippen LogP contribution in [-0.4, -0.2) is 53.7 Å². The summed E-state index contributed by atoms with van der Waals surface area (Å²) in [5, 5.41) is 16.5. The van der Waals surface area contributed by atoms with E-state index in [-0.39, 0.29) is 10.6 Å². The molecule has 0 radical (unpaired) electrons. The second-order valence-corrected chi connectivity index (χ2v) is 8.53. The number of nitrogens with one attached hydrogen (secondary N) is 1. The number of aromatic nitrogens is 1. The quantitative estimate of drug-likeness (QED) is 0.513. The number of likely N-dealkylation sites (N-methyl/N-ethyl adjacent to an activating group) is 1. The summed E-state index contributed by atoms with van der Waals surface area (Å²) in [6.45, 7) is 6.25. The maximum absolute atomic E-state index is 12.7. The largest absolute Gasteiger partial charge is 0.633 e. The van der Waals surface area contributed by atoms with Crippen molar-refractivity contribution in [2.45, 2.75) is 19.8 Å². The minimum absolute atomic E-state index is 0.0165. The van der Waals surface area contributed by atoms with Crippen molar-refractivity contribution in [1.29, 1.82) is 0 Å². The number of carbonyl (C=O) groups excluding carboxylic acids is 1. The van der Waals surface area contributed by atoms with E-state index in [2.05, 4.69) is 42.3 Å². The van der Waals surface area contributed by atoms with Crippen molar-refractivity contribution in [1.82, 2.24) is 9.88 Å². The summed E-state index contributed by atoms with van der Waals surface area (Å²) in [5.74, 6) is 0.429. The SMILES string of the molecule is CC(C)c1ccc2nccc(Nc3ccc(C(=O)N4CC[N+](C)([O-])CC4)cc3)c2c1. The van der Waals surface area contributed by atoms with E-state index in [1.54, 1.807) is 18.1 Å². The second kappa shape index (κ2) is 8.05. The molecular formula is C24H28N4O2. The lowest BCUT2D eigenvalue weighted by Crippen LogP contribution is -2.55. The number of hydrogen-bond donors (Lipinski definition) is 1. The highest BCUT2D eigenvalue weighted by atomic mass is 16.5. The van der Waals surface area contributed by atoms with Gasteiger partial charge >= 0.3 is 0 Å². The third-order valence-electron chi connectivity index (χ3n) is 5.82. The van der Waals surface area contributed by atoms with Crippen molar-refractivity contribution in [2.75, 3.05) is 38.5 Å². The van der Waals surface area contributed by atoms with Crippen LogP contribution in [0.25, 0.3) is 10.9 Å². The Bertz CT molecular complexity index is 1050. The summed E-state index contributed by atoms with van der Waals surface area (Å²) >= 11 is 0. The number of anilines is 2. The molecule has 0 atom stereocenters. The number of pyridine rings is 1. The minimum atomic E-state index is -0.273. The first kappa shape index (κ1) is 20.3. The van der Waals surface area contributed by atoms with Crippen LogP contribution in [0.2, 0.25) is 0 Å². The zero-order valence-electron chi connectivity index (χ0n) is 17.8. The number of nitrogens with zero attached hydrogens (tertiary/aromatic N) is 3. The van der Waals surface area contributed by atoms with Crippen LogP contribution in [0.5, 0.6) is 0 Å². The highest BCUT2D eigenvalue weighted by Crippen LogP contribution is 2.28. The van der Waals surface area contributed by atoms with Gasteiger partial charge in [-0.3, -0.25) is 9.78 Å². The second-order valence-electron chi connectivity index (χ2n) is 8.53. The van der Waals surface area contributed by atoms with E-state index in [0.29, 0.717) is 37.7 Å². The van der Waals surface area contributed by atoms with Crippen LogP contribution in [0.3, 0.4) is 0 Å². The molecule has 0 aliphatic carbocycles. The van der Waals surface area contributed by atoms with Gasteiger partial charge in [0, 0.05) is 28.5 Å². The molecule has 4 rings (SSSR count). The van der Waals surface area contributed by atoms with Gasteiger partial charge in [-0.15, -0.1) is 0 Å². The zero-order chi connectivity index (χ0) is 21.3. The van der Waals surface area contributed by atoms with Crippen molar-refractivity contribution in [2.24, 2.45) is 0 Å². The van der Waals surface area contributed by atoms with Crippen molar-refractivity contribution in [3.63, 3.8) is 0 Å². The Hall–Kier alpha value is -2.96. The summed E-state index contributed by atoms with van der Waals surface area (Å²) in [7, 11) is 1.66. The predicted molar refractivity (Wildman–Crippen MR) is 121 cm³/mol. The van der Waals surface area contributed by atoms with E-state index in [9.17, 15) is 10.0 Å². The molecule has 1 amide bonds. The number of fused-ring (bicyclic) bond motifs is 1. The molecule has 3 aromatic rings. The highest BCUT2D eigenvalue weighted by molar-refractivity contribution is 5.96. The van der Waals surface area contributed by atoms with Gasteiger partial charge in [-0.05, 0) is 53.9 Å². The lowest BCUT2D eigenvalue weighted by molar-refractivity contribution is -0.864. The Morgan fingerprint density at radius 1 is 1.10 bits per heavy atom. The normalized spacial score (nSPS) is 16.1. The molecule has 6 nitrogen and oxygen atoms in total. The first-order chi connectivity index (χ1) is 14.3. The van der Waals surface area contributed by atoms with E-state index in [0.717, 1.165) is 22.3 Å². The summed E-state index contributed by atoms with van der Waals surface area (Å²) in [6, 6.07) is 15.9. The van der Waals surface area contributed by atoms with Crippen LogP contribution in [0, 0.1) is 5.21 Å². The van der Waals surface area contributed by atoms with Gasteiger partial charge in [0.15, 0.2) is 0 Å². The molecule has 30 heavy (non-hydrogen) atoms. The smallest absolute Gasteiger partial charge is 0.254 e. The highest BCUT2D eigenvalue weighted by Gasteiger charge is 2.25. The predicted octanol–water partition coefficient (Wildman–Crippen LogP) is 4.50. The number of carbonyl (C=O) groups is 1. The minimum Gasteiger partial charge on any atom is -0.633 e. The van der Waals surface area contributed by atoms with Gasteiger partial charge in [0.1, 0.15) is 0 Å². The van der Waals surface area contributed by atoms with Gasteiger partial charge in [0.2, 0.25) is 0 Å². The van der Waals surface area contributed by atoms with Crippen LogP contribution in [0.4, 0.5) is 11.4 Å².